The van der Waals surface area contributed by atoms with E-state index in [1.807, 2.05) is 0 Å². The molecule has 0 saturated heterocycles. The molecule has 0 aromatic carbocycles. The van der Waals surface area contributed by atoms with Gasteiger partial charge >= 0.3 is 18.9 Å². The maximum atomic E-state index is 8.97. The second-order valence-electron chi connectivity index (χ2n) is 0.483. The molecule has 0 spiro atoms. The second kappa shape index (κ2) is 3.43. The summed E-state index contributed by atoms with van der Waals surface area (Å²) in [4.78, 5) is 0. The maximum absolute atomic E-state index is 8.97. The molecule has 1 N–H and O–H groups in total. The van der Waals surface area contributed by atoms with Crippen molar-refractivity contribution in [1.82, 2.24) is 0 Å². The van der Waals surface area contributed by atoms with E-state index < -0.39 is 10.4 Å². The summed E-state index contributed by atoms with van der Waals surface area (Å²) in [5.74, 6) is 0. The molecule has 0 aliphatic heterocycles. The number of hydrogen-bond acceptors (Lipinski definition) is 5. The molecule has 0 bridgehead atoms. The molecule has 0 aromatic rings. The van der Waals surface area contributed by atoms with Crippen LogP contribution in [0.1, 0.15) is 0 Å². The van der Waals surface area contributed by atoms with Crippen LogP contribution in [-0.2, 0) is 14.7 Å². The van der Waals surface area contributed by atoms with Gasteiger partial charge < -0.3 is 4.55 Å². The van der Waals surface area contributed by atoms with Gasteiger partial charge in [0, 0.05) is 0 Å². The number of rotatable bonds is 1. The van der Waals surface area contributed by atoms with Crippen LogP contribution in [0.15, 0.2) is 0 Å². The third-order valence-corrected chi connectivity index (χ3v) is 0.274. The van der Waals surface area contributed by atoms with E-state index in [1.165, 1.54) is 0 Å². The molecule has 0 fully saturated rings. The van der Waals surface area contributed by atoms with Crippen molar-refractivity contribution in [2.45, 2.75) is 0 Å². The Labute approximate surface area is 52.3 Å². The van der Waals surface area contributed by atoms with E-state index in [-0.39, 0.29) is 18.9 Å². The van der Waals surface area contributed by atoms with Crippen molar-refractivity contribution in [3.05, 3.63) is 0 Å². The predicted octanol–water partition coefficient (Wildman–Crippen LogP) is -4.06. The van der Waals surface area contributed by atoms with Crippen molar-refractivity contribution in [2.24, 2.45) is 0 Å². The zero-order valence-corrected chi connectivity index (χ0v) is 4.30. The van der Waals surface area contributed by atoms with Crippen molar-refractivity contribution in [3.8, 4) is 0 Å². The fourth-order valence-corrected chi connectivity index (χ4v) is 0. The van der Waals surface area contributed by atoms with E-state index >= 15 is 0 Å². The van der Waals surface area contributed by atoms with Gasteiger partial charge in [0.1, 0.15) is 0 Å². The standard InChI is InChI=1S/Li.H2O5S/c;1-5-6(2,3)4/h;1H,(H,2,3,4)/q+1;/p-1. The van der Waals surface area contributed by atoms with E-state index in [0.717, 1.165) is 0 Å². The minimum absolute atomic E-state index is 0. The maximum Gasteiger partial charge on any atom is 1.00 e. The van der Waals surface area contributed by atoms with Crippen molar-refractivity contribution in [2.75, 3.05) is 0 Å². The molecule has 0 amide bonds. The molecule has 0 atom stereocenters. The van der Waals surface area contributed by atoms with Crippen molar-refractivity contribution < 1.29 is 41.4 Å². The summed E-state index contributed by atoms with van der Waals surface area (Å²) in [5.41, 5.74) is 0. The summed E-state index contributed by atoms with van der Waals surface area (Å²) in [6.45, 7) is 0. The van der Waals surface area contributed by atoms with Crippen LogP contribution in [0, 0.1) is 0 Å². The Morgan fingerprint density at radius 3 is 1.71 bits per heavy atom. The Balaban J connectivity index is 0. The van der Waals surface area contributed by atoms with E-state index in [2.05, 4.69) is 4.33 Å². The molecule has 0 aliphatic carbocycles. The molecule has 7 heavy (non-hydrogen) atoms. The molecule has 0 unspecified atom stereocenters. The minimum atomic E-state index is -4.86. The van der Waals surface area contributed by atoms with E-state index in [4.69, 9.17) is 18.2 Å². The Morgan fingerprint density at radius 2 is 1.71 bits per heavy atom. The quantitative estimate of drug-likeness (QED) is 0.125. The first kappa shape index (κ1) is 10.4. The smallest absolute Gasteiger partial charge is 0.724 e. The summed E-state index contributed by atoms with van der Waals surface area (Å²) >= 11 is 0. The van der Waals surface area contributed by atoms with Crippen LogP contribution in [0.5, 0.6) is 0 Å². The van der Waals surface area contributed by atoms with Crippen LogP contribution in [0.3, 0.4) is 0 Å². The van der Waals surface area contributed by atoms with Crippen LogP contribution in [-0.4, -0.2) is 18.2 Å². The third kappa shape index (κ3) is 10.7. The molecular formula is HLiO5S. The zero-order chi connectivity index (χ0) is 5.21. The average Bonchev–Trinajstić information content (AvgIpc) is 1.35. The van der Waals surface area contributed by atoms with Gasteiger partial charge in [0.15, 0.2) is 0 Å². The minimum Gasteiger partial charge on any atom is -0.724 e. The van der Waals surface area contributed by atoms with Gasteiger partial charge in [0.25, 0.3) is 0 Å². The van der Waals surface area contributed by atoms with Gasteiger partial charge in [-0.3, -0.25) is 0 Å². The molecule has 5 nitrogen and oxygen atoms in total. The third-order valence-electron chi connectivity index (χ3n) is 0.0913. The van der Waals surface area contributed by atoms with Gasteiger partial charge in [-0.25, -0.2) is 13.7 Å². The van der Waals surface area contributed by atoms with Gasteiger partial charge in [-0.15, -0.1) is 4.33 Å². The molecule has 0 rings (SSSR count). The topological polar surface area (TPSA) is 86.7 Å². The van der Waals surface area contributed by atoms with Crippen LogP contribution in [0.4, 0.5) is 0 Å². The van der Waals surface area contributed by atoms with E-state index in [0.29, 0.717) is 0 Å². The Bertz CT molecular complexity index is 110. The van der Waals surface area contributed by atoms with Crippen LogP contribution in [0.25, 0.3) is 0 Å². The van der Waals surface area contributed by atoms with E-state index in [9.17, 15) is 0 Å². The van der Waals surface area contributed by atoms with Crippen LogP contribution < -0.4 is 18.9 Å². The SMILES string of the molecule is O=S(=O)([O-])OO.[Li+]. The second-order valence-corrected chi connectivity index (χ2v) is 1.45. The summed E-state index contributed by atoms with van der Waals surface area (Å²) in [5, 5.41) is 7.00. The largest absolute Gasteiger partial charge is 1.00 e. The summed E-state index contributed by atoms with van der Waals surface area (Å²) in [6.07, 6.45) is 0. The monoisotopic (exact) mass is 120 g/mol. The molecule has 0 aromatic heterocycles. The fourth-order valence-electron chi connectivity index (χ4n) is 0. The first-order valence-corrected chi connectivity index (χ1v) is 2.18. The number of hydrogen-bond donors (Lipinski definition) is 1. The molecule has 38 valence electrons. The zero-order valence-electron chi connectivity index (χ0n) is 3.49. The van der Waals surface area contributed by atoms with Gasteiger partial charge in [-0.2, -0.15) is 0 Å². The van der Waals surface area contributed by atoms with Crippen molar-refractivity contribution in [3.63, 3.8) is 0 Å². The molecule has 0 aliphatic rings. The summed E-state index contributed by atoms with van der Waals surface area (Å²) in [6, 6.07) is 0. The van der Waals surface area contributed by atoms with Crippen LogP contribution >= 0.6 is 0 Å². The molecule has 0 saturated carbocycles. The summed E-state index contributed by atoms with van der Waals surface area (Å²) < 4.78 is 29.3. The molecular weight excluding hydrogens is 119 g/mol. The molecule has 0 heterocycles. The fraction of sp³-hybridized carbons (Fsp3) is 0. The van der Waals surface area contributed by atoms with Crippen LogP contribution in [0.2, 0.25) is 0 Å². The van der Waals surface area contributed by atoms with Gasteiger partial charge in [0.05, 0.1) is 0 Å². The first-order valence-electron chi connectivity index (χ1n) is 0.849. The predicted molar refractivity (Wildman–Crippen MR) is 13.4 cm³/mol. The normalized spacial score (nSPS) is 10.0. The average molecular weight is 120 g/mol. The molecule has 7 heteroatoms. The van der Waals surface area contributed by atoms with Crippen molar-refractivity contribution >= 4 is 10.4 Å². The van der Waals surface area contributed by atoms with Gasteiger partial charge in [-0.05, 0) is 0 Å². The van der Waals surface area contributed by atoms with Crippen molar-refractivity contribution in [1.29, 1.82) is 0 Å². The Hall–Kier alpha value is 0.427. The Kier molecular flexibility index (Phi) is 5.11. The van der Waals surface area contributed by atoms with Gasteiger partial charge in [0.2, 0.25) is 10.4 Å². The summed E-state index contributed by atoms with van der Waals surface area (Å²) in [7, 11) is -4.86. The first-order chi connectivity index (χ1) is 2.56. The van der Waals surface area contributed by atoms with E-state index in [1.54, 1.807) is 0 Å². The Morgan fingerprint density at radius 1 is 1.57 bits per heavy atom. The molecule has 0 radical (unpaired) electrons. The van der Waals surface area contributed by atoms with Gasteiger partial charge in [-0.1, -0.05) is 0 Å².